The molecule has 2 aromatic heterocycles. The van der Waals surface area contributed by atoms with Gasteiger partial charge in [-0.05, 0) is 37.1 Å². The maximum Gasteiger partial charge on any atom is 0.234 e. The van der Waals surface area contributed by atoms with Crippen molar-refractivity contribution in [1.29, 1.82) is 0 Å². The van der Waals surface area contributed by atoms with Crippen molar-refractivity contribution in [2.24, 2.45) is 0 Å². The van der Waals surface area contributed by atoms with Gasteiger partial charge in [-0.2, -0.15) is 9.61 Å². The predicted molar refractivity (Wildman–Crippen MR) is 108 cm³/mol. The molecule has 1 aliphatic rings. The molecule has 1 atom stereocenters. The van der Waals surface area contributed by atoms with E-state index in [2.05, 4.69) is 21.9 Å². The average Bonchev–Trinajstić information content (AvgIpc) is 3.27. The monoisotopic (exact) mass is 419 g/mol. The Labute approximate surface area is 167 Å². The second-order valence-electron chi connectivity index (χ2n) is 6.74. The van der Waals surface area contributed by atoms with Crippen molar-refractivity contribution in [3.8, 4) is 16.3 Å². The van der Waals surface area contributed by atoms with Crippen LogP contribution in [0.4, 0.5) is 0 Å². The number of benzene rings is 1. The minimum atomic E-state index is -3.21. The molecule has 0 amide bonds. The van der Waals surface area contributed by atoms with Gasteiger partial charge in [-0.25, -0.2) is 12.7 Å². The van der Waals surface area contributed by atoms with Crippen LogP contribution < -0.4 is 4.74 Å². The Bertz CT molecular complexity index is 1090. The van der Waals surface area contributed by atoms with E-state index < -0.39 is 10.0 Å². The molecular formula is C18H21N5O3S2. The van der Waals surface area contributed by atoms with Crippen molar-refractivity contribution >= 4 is 26.3 Å². The molecule has 0 radical (unpaired) electrons. The van der Waals surface area contributed by atoms with E-state index >= 15 is 0 Å². The van der Waals surface area contributed by atoms with E-state index in [1.54, 1.807) is 10.6 Å². The molecule has 1 aromatic carbocycles. The first-order chi connectivity index (χ1) is 13.5. The Morgan fingerprint density at radius 2 is 2.11 bits per heavy atom. The van der Waals surface area contributed by atoms with E-state index in [1.165, 1.54) is 21.9 Å². The van der Waals surface area contributed by atoms with Crippen LogP contribution in [-0.2, 0) is 10.0 Å². The smallest absolute Gasteiger partial charge is 0.234 e. The van der Waals surface area contributed by atoms with Crippen LogP contribution in [0.15, 0.2) is 36.9 Å². The van der Waals surface area contributed by atoms with Crippen molar-refractivity contribution < 1.29 is 13.2 Å². The Hall–Kier alpha value is -2.30. The molecule has 1 fully saturated rings. The zero-order chi connectivity index (χ0) is 19.7. The highest BCUT2D eigenvalue weighted by molar-refractivity contribution is 7.88. The van der Waals surface area contributed by atoms with Gasteiger partial charge in [0.25, 0.3) is 0 Å². The molecule has 28 heavy (non-hydrogen) atoms. The lowest BCUT2D eigenvalue weighted by Gasteiger charge is -2.29. The molecule has 1 saturated heterocycles. The molecule has 0 aliphatic carbocycles. The number of fused-ring (bicyclic) bond motifs is 1. The van der Waals surface area contributed by atoms with Gasteiger partial charge in [0, 0.05) is 24.6 Å². The fourth-order valence-electron chi connectivity index (χ4n) is 3.31. The molecule has 8 nitrogen and oxygen atoms in total. The Kier molecular flexibility index (Phi) is 5.17. The molecule has 1 unspecified atom stereocenters. The summed E-state index contributed by atoms with van der Waals surface area (Å²) >= 11 is 1.45. The maximum absolute atomic E-state index is 11.9. The van der Waals surface area contributed by atoms with Crippen LogP contribution in [-0.4, -0.2) is 58.5 Å². The van der Waals surface area contributed by atoms with Gasteiger partial charge in [0.05, 0.1) is 6.26 Å². The molecule has 1 aliphatic heterocycles. The highest BCUT2D eigenvalue weighted by Crippen LogP contribution is 2.31. The van der Waals surface area contributed by atoms with Crippen LogP contribution in [0, 0.1) is 0 Å². The van der Waals surface area contributed by atoms with Crippen LogP contribution in [0.1, 0.15) is 24.6 Å². The number of rotatable bonds is 6. The highest BCUT2D eigenvalue weighted by Gasteiger charge is 2.30. The Balaban J connectivity index is 1.59. The molecule has 10 heteroatoms. The summed E-state index contributed by atoms with van der Waals surface area (Å²) in [7, 11) is -3.21. The fourth-order valence-corrected chi connectivity index (χ4v) is 5.07. The van der Waals surface area contributed by atoms with Crippen molar-refractivity contribution in [2.45, 2.75) is 18.8 Å². The molecule has 148 valence electrons. The third-order valence-electron chi connectivity index (χ3n) is 4.70. The summed E-state index contributed by atoms with van der Waals surface area (Å²) in [5.41, 5.74) is 0.966. The van der Waals surface area contributed by atoms with Crippen molar-refractivity contribution in [3.05, 3.63) is 42.7 Å². The standard InChI is InChI=1S/C18H21N5O3S2/c1-3-11-26-15-8-6-13(7-9-15)17-21-23-16(19-20-18(23)27-17)14-5-4-10-22(12-14)28(2,24)25/h3,6-9,14H,1,4-5,10-12H2,2H3. The van der Waals surface area contributed by atoms with E-state index in [-0.39, 0.29) is 5.92 Å². The molecule has 3 heterocycles. The van der Waals surface area contributed by atoms with Crippen LogP contribution in [0.5, 0.6) is 5.75 Å². The lowest BCUT2D eigenvalue weighted by Crippen LogP contribution is -2.38. The normalized spacial score (nSPS) is 18.4. The molecular weight excluding hydrogens is 398 g/mol. The van der Waals surface area contributed by atoms with Gasteiger partial charge in [-0.3, -0.25) is 0 Å². The number of aromatic nitrogens is 4. The van der Waals surface area contributed by atoms with Crippen LogP contribution in [0.2, 0.25) is 0 Å². The third-order valence-corrected chi connectivity index (χ3v) is 6.92. The summed E-state index contributed by atoms with van der Waals surface area (Å²) in [5, 5.41) is 14.1. The van der Waals surface area contributed by atoms with Crippen molar-refractivity contribution in [1.82, 2.24) is 24.1 Å². The van der Waals surface area contributed by atoms with Gasteiger partial charge in [0.2, 0.25) is 15.0 Å². The summed E-state index contributed by atoms with van der Waals surface area (Å²) in [6, 6.07) is 7.70. The van der Waals surface area contributed by atoms with Gasteiger partial charge in [-0.1, -0.05) is 24.0 Å². The van der Waals surface area contributed by atoms with Gasteiger partial charge in [-0.15, -0.1) is 10.2 Å². The maximum atomic E-state index is 11.9. The van der Waals surface area contributed by atoms with E-state index in [9.17, 15) is 8.42 Å². The SMILES string of the molecule is C=CCOc1ccc(-c2nn3c(C4CCCN(S(C)(=O)=O)C4)nnc3s2)cc1. The lowest BCUT2D eigenvalue weighted by atomic mass is 9.99. The van der Waals surface area contributed by atoms with Gasteiger partial charge in [0.1, 0.15) is 17.4 Å². The molecule has 3 aromatic rings. The number of piperidine rings is 1. The molecule has 4 rings (SSSR count). The number of hydrogen-bond acceptors (Lipinski definition) is 7. The number of sulfonamides is 1. The predicted octanol–water partition coefficient (Wildman–Crippen LogP) is 2.56. The van der Waals surface area contributed by atoms with Gasteiger partial charge in [0.15, 0.2) is 5.82 Å². The second-order valence-corrected chi connectivity index (χ2v) is 9.68. The van der Waals surface area contributed by atoms with Crippen molar-refractivity contribution in [2.75, 3.05) is 26.0 Å². The van der Waals surface area contributed by atoms with E-state index in [0.717, 1.165) is 35.0 Å². The zero-order valence-electron chi connectivity index (χ0n) is 15.5. The van der Waals surface area contributed by atoms with E-state index in [1.807, 2.05) is 24.3 Å². The second kappa shape index (κ2) is 7.61. The first-order valence-electron chi connectivity index (χ1n) is 8.97. The third kappa shape index (κ3) is 3.80. The summed E-state index contributed by atoms with van der Waals surface area (Å²) in [5.74, 6) is 1.48. The zero-order valence-corrected chi connectivity index (χ0v) is 17.1. The minimum Gasteiger partial charge on any atom is -0.490 e. The summed E-state index contributed by atoms with van der Waals surface area (Å²) in [6.07, 6.45) is 4.62. The van der Waals surface area contributed by atoms with Crippen LogP contribution >= 0.6 is 11.3 Å². The molecule has 0 spiro atoms. The summed E-state index contributed by atoms with van der Waals surface area (Å²) < 4.78 is 32.6. The topological polar surface area (TPSA) is 89.7 Å². The minimum absolute atomic E-state index is 0.0110. The number of nitrogens with zero attached hydrogens (tertiary/aromatic N) is 5. The van der Waals surface area contributed by atoms with Gasteiger partial charge >= 0.3 is 0 Å². The van der Waals surface area contributed by atoms with Gasteiger partial charge < -0.3 is 4.74 Å². The van der Waals surface area contributed by atoms with E-state index in [0.29, 0.717) is 24.7 Å². The van der Waals surface area contributed by atoms with Crippen LogP contribution in [0.3, 0.4) is 0 Å². The highest BCUT2D eigenvalue weighted by atomic mass is 32.2. The Morgan fingerprint density at radius 1 is 1.32 bits per heavy atom. The first-order valence-corrected chi connectivity index (χ1v) is 11.6. The Morgan fingerprint density at radius 3 is 2.82 bits per heavy atom. The quantitative estimate of drug-likeness (QED) is 0.571. The lowest BCUT2D eigenvalue weighted by molar-refractivity contribution is 0.309. The molecule has 0 bridgehead atoms. The number of ether oxygens (including phenoxy) is 1. The van der Waals surface area contributed by atoms with Crippen molar-refractivity contribution in [3.63, 3.8) is 0 Å². The largest absolute Gasteiger partial charge is 0.490 e. The fraction of sp³-hybridized carbons (Fsp3) is 0.389. The summed E-state index contributed by atoms with van der Waals surface area (Å²) in [6.45, 7) is 5.08. The van der Waals surface area contributed by atoms with Crippen LogP contribution in [0.25, 0.3) is 15.5 Å². The number of hydrogen-bond donors (Lipinski definition) is 0. The molecule has 0 N–H and O–H groups in total. The summed E-state index contributed by atoms with van der Waals surface area (Å²) in [4.78, 5) is 0.702. The first kappa shape index (κ1) is 19.0. The average molecular weight is 420 g/mol. The molecule has 0 saturated carbocycles. The van der Waals surface area contributed by atoms with E-state index in [4.69, 9.17) is 4.74 Å².